The zero-order valence-corrected chi connectivity index (χ0v) is 15.1. The smallest absolute Gasteiger partial charge is 0.362 e. The van der Waals surface area contributed by atoms with Crippen molar-refractivity contribution in [3.05, 3.63) is 0 Å². The van der Waals surface area contributed by atoms with Gasteiger partial charge in [-0.2, -0.15) is 8.42 Å². The number of hydrogen-bond acceptors (Lipinski definition) is 8. The highest BCUT2D eigenvalue weighted by atomic mass is 32.2. The van der Waals surface area contributed by atoms with Crippen molar-refractivity contribution < 1.29 is 46.6 Å². The lowest BCUT2D eigenvalue weighted by Crippen LogP contribution is -2.62. The Morgan fingerprint density at radius 3 is 2.35 bits per heavy atom. The van der Waals surface area contributed by atoms with E-state index < -0.39 is 38.4 Å². The van der Waals surface area contributed by atoms with Gasteiger partial charge in [-0.3, -0.25) is 4.55 Å². The van der Waals surface area contributed by atoms with Gasteiger partial charge in [0, 0.05) is 11.8 Å². The summed E-state index contributed by atoms with van der Waals surface area (Å²) in [5, 5.41) is 15.3. The molecule has 4 unspecified atom stereocenters. The van der Waals surface area contributed by atoms with Gasteiger partial charge in [-0.1, -0.05) is 0 Å². The molecule has 0 amide bonds. The second-order valence-corrected chi connectivity index (χ2v) is 9.32. The van der Waals surface area contributed by atoms with Crippen LogP contribution in [0.25, 0.3) is 0 Å². The molecular formula is C15H23FO9S. The minimum Gasteiger partial charge on any atom is -0.453 e. The molecule has 1 spiro atoms. The van der Waals surface area contributed by atoms with Crippen molar-refractivity contribution in [2.75, 3.05) is 26.4 Å². The number of carbonyl (C=O) groups excluding carboxylic acids is 1. The molecule has 0 aromatic heterocycles. The highest BCUT2D eigenvalue weighted by molar-refractivity contribution is 7.87. The van der Waals surface area contributed by atoms with Crippen molar-refractivity contribution in [2.45, 2.75) is 43.1 Å². The lowest BCUT2D eigenvalue weighted by atomic mass is 9.86. The Balaban J connectivity index is 1.82. The Morgan fingerprint density at radius 2 is 1.85 bits per heavy atom. The Hall–Kier alpha value is -0.850. The van der Waals surface area contributed by atoms with Crippen LogP contribution < -0.4 is 0 Å². The number of halogens is 1. The van der Waals surface area contributed by atoms with E-state index in [1.54, 1.807) is 0 Å². The molecule has 2 saturated carbocycles. The maximum atomic E-state index is 14.2. The Kier molecular flexibility index (Phi) is 4.86. The average Bonchev–Trinajstić information content (AvgIpc) is 3.17. The molecule has 2 aliphatic carbocycles. The standard InChI is InChI=1S/C15H23FO9S/c1-13(16,26(20,21)22)12(19)25-11-9-2-3-10(4-9)15(11)23-7-14(5-17,6-18)8-24-15/h9-11,17-18H,2-8H2,1H3,(H,20,21,22). The van der Waals surface area contributed by atoms with E-state index in [1.165, 1.54) is 0 Å². The third kappa shape index (κ3) is 2.85. The molecule has 4 atom stereocenters. The lowest BCUT2D eigenvalue weighted by Gasteiger charge is -2.49. The molecule has 11 heteroatoms. The van der Waals surface area contributed by atoms with Crippen LogP contribution in [0.1, 0.15) is 26.2 Å². The zero-order chi connectivity index (χ0) is 19.4. The Labute approximate surface area is 150 Å². The molecule has 150 valence electrons. The third-order valence-electron chi connectivity index (χ3n) is 5.83. The van der Waals surface area contributed by atoms with Gasteiger partial charge in [0.25, 0.3) is 0 Å². The van der Waals surface area contributed by atoms with E-state index in [0.717, 1.165) is 6.42 Å². The molecule has 0 aromatic carbocycles. The summed E-state index contributed by atoms with van der Waals surface area (Å²) in [7, 11) is -5.31. The summed E-state index contributed by atoms with van der Waals surface area (Å²) in [6, 6.07) is 0. The first-order valence-electron chi connectivity index (χ1n) is 8.38. The lowest BCUT2D eigenvalue weighted by molar-refractivity contribution is -0.360. The van der Waals surface area contributed by atoms with E-state index in [0.29, 0.717) is 19.8 Å². The number of alkyl halides is 1. The van der Waals surface area contributed by atoms with Gasteiger partial charge in [0.1, 0.15) is 0 Å². The SMILES string of the molecule is CC(F)(C(=O)OC1C2CCC(C2)C12OCC(CO)(CO)CO2)S(=O)(=O)O. The third-order valence-corrected chi connectivity index (χ3v) is 6.96. The van der Waals surface area contributed by atoms with Crippen molar-refractivity contribution in [1.82, 2.24) is 0 Å². The van der Waals surface area contributed by atoms with Crippen molar-refractivity contribution in [3.63, 3.8) is 0 Å². The van der Waals surface area contributed by atoms with Gasteiger partial charge in [0.2, 0.25) is 5.79 Å². The number of ether oxygens (including phenoxy) is 3. The van der Waals surface area contributed by atoms with Crippen LogP contribution in [0.4, 0.5) is 4.39 Å². The fraction of sp³-hybridized carbons (Fsp3) is 0.933. The molecule has 3 fully saturated rings. The predicted molar refractivity (Wildman–Crippen MR) is 83.0 cm³/mol. The van der Waals surface area contributed by atoms with Crippen LogP contribution in [0.3, 0.4) is 0 Å². The van der Waals surface area contributed by atoms with Gasteiger partial charge >= 0.3 is 21.1 Å². The van der Waals surface area contributed by atoms with Crippen LogP contribution in [0.2, 0.25) is 0 Å². The molecule has 1 heterocycles. The van der Waals surface area contributed by atoms with Crippen molar-refractivity contribution in [2.24, 2.45) is 17.3 Å². The highest BCUT2D eigenvalue weighted by Gasteiger charge is 2.66. The molecule has 26 heavy (non-hydrogen) atoms. The highest BCUT2D eigenvalue weighted by Crippen LogP contribution is 2.56. The normalized spacial score (nSPS) is 34.6. The molecule has 0 radical (unpaired) electrons. The minimum absolute atomic E-state index is 0.0531. The van der Waals surface area contributed by atoms with Crippen molar-refractivity contribution in [1.29, 1.82) is 0 Å². The minimum atomic E-state index is -5.31. The molecule has 3 rings (SSSR count). The summed E-state index contributed by atoms with van der Waals surface area (Å²) in [5.74, 6) is -3.44. The van der Waals surface area contributed by atoms with E-state index in [1.807, 2.05) is 0 Å². The maximum absolute atomic E-state index is 14.2. The number of esters is 1. The van der Waals surface area contributed by atoms with Gasteiger partial charge in [-0.05, 0) is 26.2 Å². The molecule has 2 bridgehead atoms. The van der Waals surface area contributed by atoms with Crippen LogP contribution in [-0.2, 0) is 29.1 Å². The van der Waals surface area contributed by atoms with E-state index in [9.17, 15) is 27.8 Å². The molecule has 1 saturated heterocycles. The molecule has 3 N–H and O–H groups in total. The number of aliphatic hydroxyl groups excluding tert-OH is 2. The fourth-order valence-electron chi connectivity index (χ4n) is 3.97. The van der Waals surface area contributed by atoms with Gasteiger partial charge in [0.15, 0.2) is 6.10 Å². The zero-order valence-electron chi connectivity index (χ0n) is 14.3. The number of fused-ring (bicyclic) bond motifs is 3. The molecule has 9 nitrogen and oxygen atoms in total. The largest absolute Gasteiger partial charge is 0.453 e. The summed E-state index contributed by atoms with van der Waals surface area (Å²) in [4.78, 5) is 12.1. The maximum Gasteiger partial charge on any atom is 0.362 e. The topological polar surface area (TPSA) is 140 Å². The number of rotatable bonds is 5. The summed E-state index contributed by atoms with van der Waals surface area (Å²) in [5.41, 5.74) is -0.995. The first kappa shape index (κ1) is 19.9. The first-order valence-corrected chi connectivity index (χ1v) is 9.82. The van der Waals surface area contributed by atoms with Crippen LogP contribution >= 0.6 is 0 Å². The van der Waals surface area contributed by atoms with Gasteiger partial charge in [-0.15, -0.1) is 0 Å². The van der Waals surface area contributed by atoms with Crippen LogP contribution in [0, 0.1) is 17.3 Å². The summed E-state index contributed by atoms with van der Waals surface area (Å²) >= 11 is 0. The second-order valence-electron chi connectivity index (χ2n) is 7.60. The summed E-state index contributed by atoms with van der Waals surface area (Å²) in [6.45, 7) is -0.437. The van der Waals surface area contributed by atoms with Crippen molar-refractivity contribution in [3.8, 4) is 0 Å². The molecular weight excluding hydrogens is 375 g/mol. The van der Waals surface area contributed by atoms with Crippen LogP contribution in [-0.4, -0.2) is 72.5 Å². The first-order chi connectivity index (χ1) is 12.0. The molecule has 1 aliphatic heterocycles. The number of carbonyl (C=O) groups is 1. The average molecular weight is 398 g/mol. The molecule has 0 aromatic rings. The van der Waals surface area contributed by atoms with E-state index in [-0.39, 0.29) is 38.3 Å². The fourth-order valence-corrected chi connectivity index (χ4v) is 4.23. The predicted octanol–water partition coefficient (Wildman–Crippen LogP) is -0.384. The summed E-state index contributed by atoms with van der Waals surface area (Å²) in [6.07, 6.45) is 0.964. The second kappa shape index (κ2) is 6.35. The molecule has 3 aliphatic rings. The van der Waals surface area contributed by atoms with Gasteiger partial charge in [0.05, 0.1) is 31.8 Å². The van der Waals surface area contributed by atoms with E-state index in [4.69, 9.17) is 18.8 Å². The summed E-state index contributed by atoms with van der Waals surface area (Å²) < 4.78 is 62.2. The van der Waals surface area contributed by atoms with Crippen LogP contribution in [0.15, 0.2) is 0 Å². The van der Waals surface area contributed by atoms with E-state index in [2.05, 4.69) is 0 Å². The van der Waals surface area contributed by atoms with Gasteiger partial charge < -0.3 is 24.4 Å². The quantitative estimate of drug-likeness (QED) is 0.417. The van der Waals surface area contributed by atoms with Crippen LogP contribution in [0.5, 0.6) is 0 Å². The van der Waals surface area contributed by atoms with Gasteiger partial charge in [-0.25, -0.2) is 9.18 Å². The number of hydrogen-bond donors (Lipinski definition) is 3. The van der Waals surface area contributed by atoms with E-state index >= 15 is 0 Å². The van der Waals surface area contributed by atoms with Crippen molar-refractivity contribution >= 4 is 16.1 Å². The Bertz CT molecular complexity index is 663. The monoisotopic (exact) mass is 398 g/mol. The Morgan fingerprint density at radius 1 is 1.27 bits per heavy atom. The number of aliphatic hydroxyl groups is 2.